The summed E-state index contributed by atoms with van der Waals surface area (Å²) in [6, 6.07) is 0. The van der Waals surface area contributed by atoms with Gasteiger partial charge in [-0.25, -0.2) is 14.4 Å². The zero-order chi connectivity index (χ0) is 21.1. The van der Waals surface area contributed by atoms with Crippen LogP contribution >= 0.6 is 0 Å². The first kappa shape index (κ1) is 28.4. The highest BCUT2D eigenvalue weighted by Gasteiger charge is 2.07. The first-order chi connectivity index (χ1) is 12.1. The van der Waals surface area contributed by atoms with E-state index in [0.717, 1.165) is 12.8 Å². The SMILES string of the molecule is C=C(C)C(=O)O.C=C(C)C(=O)OC.C=CC(=O)OCC(CC)CCCC. The Morgan fingerprint density at radius 2 is 1.62 bits per heavy atom. The van der Waals surface area contributed by atoms with Crippen LogP contribution in [0.3, 0.4) is 0 Å². The lowest BCUT2D eigenvalue weighted by atomic mass is 10.0. The van der Waals surface area contributed by atoms with E-state index in [4.69, 9.17) is 9.84 Å². The van der Waals surface area contributed by atoms with Crippen molar-refractivity contribution in [3.63, 3.8) is 0 Å². The summed E-state index contributed by atoms with van der Waals surface area (Å²) < 4.78 is 9.26. The molecule has 0 heterocycles. The van der Waals surface area contributed by atoms with E-state index >= 15 is 0 Å². The average Bonchev–Trinajstić information content (AvgIpc) is 2.61. The number of carboxylic acid groups (broad SMARTS) is 1. The molecule has 0 aliphatic rings. The molecule has 1 unspecified atom stereocenters. The standard InChI is InChI=1S/C11H20O2.C5H8O2.C4H6O2/c1-4-7-8-10(5-2)9-13-11(12)6-3;1-4(2)5(6)7-3;1-3(2)4(5)6/h6,10H,3-5,7-9H2,1-2H3;1H2,2-3H3;1H2,2H3,(H,5,6). The molecule has 0 aromatic carbocycles. The van der Waals surface area contributed by atoms with Crippen molar-refractivity contribution in [2.45, 2.75) is 53.4 Å². The molecule has 1 atom stereocenters. The van der Waals surface area contributed by atoms with Crippen molar-refractivity contribution in [3.8, 4) is 0 Å². The second-order valence-corrected chi connectivity index (χ2v) is 5.61. The Hall–Kier alpha value is -2.37. The van der Waals surface area contributed by atoms with Crippen molar-refractivity contribution in [1.29, 1.82) is 0 Å². The van der Waals surface area contributed by atoms with Crippen molar-refractivity contribution in [2.24, 2.45) is 5.92 Å². The predicted molar refractivity (Wildman–Crippen MR) is 104 cm³/mol. The molecule has 1 N–H and O–H groups in total. The molecular formula is C20H34O6. The Bertz CT molecular complexity index is 453. The fraction of sp³-hybridized carbons (Fsp3) is 0.550. The van der Waals surface area contributed by atoms with Gasteiger partial charge in [-0.1, -0.05) is 52.8 Å². The Morgan fingerprint density at radius 1 is 1.12 bits per heavy atom. The van der Waals surface area contributed by atoms with Crippen LogP contribution in [0.4, 0.5) is 0 Å². The first-order valence-corrected chi connectivity index (χ1v) is 8.48. The molecule has 0 bridgehead atoms. The third-order valence-electron chi connectivity index (χ3n) is 3.07. The topological polar surface area (TPSA) is 89.9 Å². The highest BCUT2D eigenvalue weighted by Crippen LogP contribution is 2.12. The minimum Gasteiger partial charge on any atom is -0.478 e. The van der Waals surface area contributed by atoms with Gasteiger partial charge in [-0.2, -0.15) is 0 Å². The van der Waals surface area contributed by atoms with Crippen LogP contribution in [0, 0.1) is 5.92 Å². The lowest BCUT2D eigenvalue weighted by Gasteiger charge is -2.13. The summed E-state index contributed by atoms with van der Waals surface area (Å²) in [4.78, 5) is 30.6. The van der Waals surface area contributed by atoms with Gasteiger partial charge in [0.1, 0.15) is 0 Å². The number of ether oxygens (including phenoxy) is 2. The Morgan fingerprint density at radius 3 is 1.85 bits per heavy atom. The molecule has 0 spiro atoms. The number of aliphatic carboxylic acids is 1. The van der Waals surface area contributed by atoms with Crippen LogP contribution in [-0.2, 0) is 23.9 Å². The fourth-order valence-corrected chi connectivity index (χ4v) is 1.33. The Labute approximate surface area is 157 Å². The van der Waals surface area contributed by atoms with Crippen molar-refractivity contribution < 1.29 is 29.0 Å². The van der Waals surface area contributed by atoms with E-state index < -0.39 is 5.97 Å². The van der Waals surface area contributed by atoms with Crippen LogP contribution in [-0.4, -0.2) is 36.7 Å². The van der Waals surface area contributed by atoms with E-state index in [9.17, 15) is 14.4 Å². The predicted octanol–water partition coefficient (Wildman–Crippen LogP) is 4.31. The second-order valence-electron chi connectivity index (χ2n) is 5.61. The highest BCUT2D eigenvalue weighted by molar-refractivity contribution is 5.86. The number of carboxylic acids is 1. The molecule has 0 aliphatic heterocycles. The van der Waals surface area contributed by atoms with Crippen molar-refractivity contribution >= 4 is 17.9 Å². The maximum atomic E-state index is 10.8. The van der Waals surface area contributed by atoms with Gasteiger partial charge < -0.3 is 14.6 Å². The number of carbonyl (C=O) groups excluding carboxylic acids is 2. The summed E-state index contributed by atoms with van der Waals surface area (Å²) in [5.41, 5.74) is 0.609. The molecule has 0 aromatic heterocycles. The summed E-state index contributed by atoms with van der Waals surface area (Å²) in [5, 5.41) is 7.89. The molecular weight excluding hydrogens is 336 g/mol. The summed E-state index contributed by atoms with van der Waals surface area (Å²) in [7, 11) is 1.33. The smallest absolute Gasteiger partial charge is 0.332 e. The van der Waals surface area contributed by atoms with Gasteiger partial charge in [0.05, 0.1) is 13.7 Å². The summed E-state index contributed by atoms with van der Waals surface area (Å²) >= 11 is 0. The van der Waals surface area contributed by atoms with Crippen molar-refractivity contribution in [2.75, 3.05) is 13.7 Å². The molecule has 150 valence electrons. The van der Waals surface area contributed by atoms with Gasteiger partial charge >= 0.3 is 17.9 Å². The molecule has 0 aromatic rings. The van der Waals surface area contributed by atoms with Gasteiger partial charge in [-0.3, -0.25) is 0 Å². The fourth-order valence-electron chi connectivity index (χ4n) is 1.33. The lowest BCUT2D eigenvalue weighted by molar-refractivity contribution is -0.139. The van der Waals surface area contributed by atoms with E-state index in [1.54, 1.807) is 6.92 Å². The number of hydrogen-bond donors (Lipinski definition) is 1. The van der Waals surface area contributed by atoms with E-state index in [-0.39, 0.29) is 17.5 Å². The third-order valence-corrected chi connectivity index (χ3v) is 3.07. The van der Waals surface area contributed by atoms with Gasteiger partial charge in [-0.05, 0) is 26.2 Å². The minimum absolute atomic E-state index is 0.176. The van der Waals surface area contributed by atoms with Crippen molar-refractivity contribution in [3.05, 3.63) is 37.0 Å². The zero-order valence-electron chi connectivity index (χ0n) is 16.8. The largest absolute Gasteiger partial charge is 0.478 e. The lowest BCUT2D eigenvalue weighted by Crippen LogP contribution is -2.12. The molecule has 26 heavy (non-hydrogen) atoms. The van der Waals surface area contributed by atoms with Crippen LogP contribution in [0.5, 0.6) is 0 Å². The molecule has 6 nitrogen and oxygen atoms in total. The third kappa shape index (κ3) is 21.6. The van der Waals surface area contributed by atoms with Gasteiger partial charge in [0.15, 0.2) is 0 Å². The Kier molecular flexibility index (Phi) is 20.7. The van der Waals surface area contributed by atoms with E-state index in [1.807, 2.05) is 0 Å². The molecule has 0 fully saturated rings. The number of unbranched alkanes of at least 4 members (excludes halogenated alkanes) is 1. The second kappa shape index (κ2) is 19.0. The van der Waals surface area contributed by atoms with Crippen LogP contribution in [0.25, 0.3) is 0 Å². The molecule has 0 radical (unpaired) electrons. The van der Waals surface area contributed by atoms with Gasteiger partial charge in [0.25, 0.3) is 0 Å². The highest BCUT2D eigenvalue weighted by atomic mass is 16.5. The van der Waals surface area contributed by atoms with E-state index in [2.05, 4.69) is 38.3 Å². The maximum Gasteiger partial charge on any atom is 0.332 e. The summed E-state index contributed by atoms with van der Waals surface area (Å²) in [5.74, 6) is -1.08. The van der Waals surface area contributed by atoms with Crippen LogP contribution in [0.1, 0.15) is 53.4 Å². The monoisotopic (exact) mass is 370 g/mol. The molecule has 0 aliphatic carbocycles. The first-order valence-electron chi connectivity index (χ1n) is 8.48. The number of carbonyl (C=O) groups is 3. The van der Waals surface area contributed by atoms with Crippen molar-refractivity contribution in [1.82, 2.24) is 0 Å². The van der Waals surface area contributed by atoms with Crippen LogP contribution in [0.2, 0.25) is 0 Å². The van der Waals surface area contributed by atoms with Crippen LogP contribution in [0.15, 0.2) is 37.0 Å². The molecule has 0 rings (SSSR count). The number of esters is 2. The molecule has 6 heteroatoms. The summed E-state index contributed by atoms with van der Waals surface area (Å²) in [6.45, 7) is 17.7. The van der Waals surface area contributed by atoms with Gasteiger partial charge in [0.2, 0.25) is 0 Å². The number of hydrogen-bond acceptors (Lipinski definition) is 5. The minimum atomic E-state index is -0.935. The number of rotatable bonds is 9. The maximum absolute atomic E-state index is 10.8. The number of methoxy groups -OCH3 is 1. The molecule has 0 saturated carbocycles. The summed E-state index contributed by atoms with van der Waals surface area (Å²) in [6.07, 6.45) is 5.85. The molecule has 0 amide bonds. The molecule has 0 saturated heterocycles. The zero-order valence-corrected chi connectivity index (χ0v) is 16.8. The normalized spacial score (nSPS) is 9.88. The van der Waals surface area contributed by atoms with E-state index in [0.29, 0.717) is 18.1 Å². The van der Waals surface area contributed by atoms with Gasteiger partial charge in [0, 0.05) is 17.2 Å². The Balaban J connectivity index is -0.000000342. The van der Waals surface area contributed by atoms with Crippen LogP contribution < -0.4 is 0 Å². The quantitative estimate of drug-likeness (QED) is 0.480. The van der Waals surface area contributed by atoms with Gasteiger partial charge in [-0.15, -0.1) is 0 Å². The average molecular weight is 370 g/mol. The van der Waals surface area contributed by atoms with E-state index in [1.165, 1.54) is 33.0 Å².